The van der Waals surface area contributed by atoms with Crippen molar-refractivity contribution < 1.29 is 8.42 Å². The summed E-state index contributed by atoms with van der Waals surface area (Å²) in [6, 6.07) is 1.93. The molecule has 0 radical (unpaired) electrons. The first-order valence-electron chi connectivity index (χ1n) is 6.93. The molecule has 0 saturated carbocycles. The van der Waals surface area contributed by atoms with Crippen LogP contribution in [-0.4, -0.2) is 44.3 Å². The summed E-state index contributed by atoms with van der Waals surface area (Å²) in [4.78, 5) is 10.8. The summed E-state index contributed by atoms with van der Waals surface area (Å²) in [7, 11) is -3.08. The Morgan fingerprint density at radius 2 is 2.30 bits per heavy atom. The molecule has 7 heteroatoms. The second-order valence-corrected chi connectivity index (χ2v) is 7.20. The lowest BCUT2D eigenvalue weighted by molar-refractivity contribution is 0.389. The molecule has 0 bridgehead atoms. The summed E-state index contributed by atoms with van der Waals surface area (Å²) in [5.41, 5.74) is 0. The second-order valence-electron chi connectivity index (χ2n) is 5.37. The van der Waals surface area contributed by atoms with E-state index < -0.39 is 10.0 Å². The molecule has 2 rings (SSSR count). The van der Waals surface area contributed by atoms with Crippen molar-refractivity contribution in [2.75, 3.05) is 30.8 Å². The van der Waals surface area contributed by atoms with Gasteiger partial charge < -0.3 is 4.90 Å². The maximum Gasteiger partial charge on any atom is 0.208 e. The predicted molar refractivity (Wildman–Crippen MR) is 79.2 cm³/mol. The zero-order valence-corrected chi connectivity index (χ0v) is 12.9. The van der Waals surface area contributed by atoms with Gasteiger partial charge in [-0.2, -0.15) is 0 Å². The van der Waals surface area contributed by atoms with Crippen LogP contribution in [0.5, 0.6) is 0 Å². The Balaban J connectivity index is 1.88. The molecule has 1 unspecified atom stereocenters. The quantitative estimate of drug-likeness (QED) is 0.875. The standard InChI is InChI=1S/C13H22N4O2S/c1-11-14-7-6-13(16-11)17-9-3-4-12(10-17)5-8-15-20(2,18)19/h6-7,12,15H,3-5,8-10H2,1-2H3. The molecule has 112 valence electrons. The first-order valence-corrected chi connectivity index (χ1v) is 8.82. The van der Waals surface area contributed by atoms with Crippen molar-refractivity contribution in [3.63, 3.8) is 0 Å². The maximum atomic E-state index is 11.1. The lowest BCUT2D eigenvalue weighted by atomic mass is 9.95. The smallest absolute Gasteiger partial charge is 0.208 e. The van der Waals surface area contributed by atoms with Crippen LogP contribution in [-0.2, 0) is 10.0 Å². The van der Waals surface area contributed by atoms with Gasteiger partial charge in [0, 0.05) is 25.8 Å². The van der Waals surface area contributed by atoms with Crippen LogP contribution in [0.3, 0.4) is 0 Å². The second kappa shape index (κ2) is 6.49. The third-order valence-electron chi connectivity index (χ3n) is 3.52. The molecule has 1 saturated heterocycles. The van der Waals surface area contributed by atoms with Gasteiger partial charge in [-0.3, -0.25) is 0 Å². The summed E-state index contributed by atoms with van der Waals surface area (Å²) < 4.78 is 24.7. The maximum absolute atomic E-state index is 11.1. The van der Waals surface area contributed by atoms with Crippen LogP contribution in [0.1, 0.15) is 25.1 Å². The minimum absolute atomic E-state index is 0.508. The molecule has 1 fully saturated rings. The van der Waals surface area contributed by atoms with Crippen molar-refractivity contribution in [1.82, 2.24) is 14.7 Å². The van der Waals surface area contributed by atoms with Gasteiger partial charge in [0.2, 0.25) is 10.0 Å². The summed E-state index contributed by atoms with van der Waals surface area (Å²) in [5.74, 6) is 2.26. The Morgan fingerprint density at radius 1 is 1.50 bits per heavy atom. The Morgan fingerprint density at radius 3 is 3.00 bits per heavy atom. The van der Waals surface area contributed by atoms with Crippen LogP contribution in [0.15, 0.2) is 12.3 Å². The summed E-state index contributed by atoms with van der Waals surface area (Å²) in [5, 5.41) is 0. The average Bonchev–Trinajstić information content (AvgIpc) is 2.38. The van der Waals surface area contributed by atoms with Crippen LogP contribution >= 0.6 is 0 Å². The van der Waals surface area contributed by atoms with E-state index in [9.17, 15) is 8.42 Å². The Labute approximate surface area is 120 Å². The van der Waals surface area contributed by atoms with E-state index in [4.69, 9.17) is 0 Å². The molecule has 1 aromatic rings. The monoisotopic (exact) mass is 298 g/mol. The first-order chi connectivity index (χ1) is 9.44. The number of anilines is 1. The molecule has 1 N–H and O–H groups in total. The molecule has 1 aliphatic heterocycles. The summed E-state index contributed by atoms with van der Waals surface area (Å²) >= 11 is 0. The predicted octanol–water partition coefficient (Wildman–Crippen LogP) is 0.941. The fraction of sp³-hybridized carbons (Fsp3) is 0.692. The Hall–Kier alpha value is -1.21. The Kier molecular flexibility index (Phi) is 4.93. The number of rotatable bonds is 5. The molecular weight excluding hydrogens is 276 g/mol. The zero-order valence-electron chi connectivity index (χ0n) is 12.0. The van der Waals surface area contributed by atoms with Crippen molar-refractivity contribution >= 4 is 15.8 Å². The van der Waals surface area contributed by atoms with E-state index in [-0.39, 0.29) is 0 Å². The van der Waals surface area contributed by atoms with Gasteiger partial charge in [-0.15, -0.1) is 0 Å². The van der Waals surface area contributed by atoms with E-state index in [1.807, 2.05) is 13.0 Å². The van der Waals surface area contributed by atoms with Gasteiger partial charge in [0.05, 0.1) is 6.26 Å². The van der Waals surface area contributed by atoms with Gasteiger partial charge in [-0.25, -0.2) is 23.1 Å². The number of piperidine rings is 1. The normalized spacial score (nSPS) is 20.1. The van der Waals surface area contributed by atoms with Gasteiger partial charge in [0.25, 0.3) is 0 Å². The minimum atomic E-state index is -3.08. The molecule has 2 heterocycles. The molecule has 0 amide bonds. The molecule has 0 aromatic carbocycles. The third-order valence-corrected chi connectivity index (χ3v) is 4.25. The zero-order chi connectivity index (χ0) is 14.6. The average molecular weight is 298 g/mol. The van der Waals surface area contributed by atoms with Crippen molar-refractivity contribution in [2.24, 2.45) is 5.92 Å². The SMILES string of the molecule is Cc1nccc(N2CCCC(CCNS(C)(=O)=O)C2)n1. The highest BCUT2D eigenvalue weighted by molar-refractivity contribution is 7.88. The lowest BCUT2D eigenvalue weighted by Crippen LogP contribution is -2.37. The van der Waals surface area contributed by atoms with Crippen LogP contribution in [0, 0.1) is 12.8 Å². The fourth-order valence-electron chi connectivity index (χ4n) is 2.58. The van der Waals surface area contributed by atoms with Crippen molar-refractivity contribution in [3.8, 4) is 0 Å². The van der Waals surface area contributed by atoms with Crippen molar-refractivity contribution in [3.05, 3.63) is 18.1 Å². The minimum Gasteiger partial charge on any atom is -0.356 e. The summed E-state index contributed by atoms with van der Waals surface area (Å²) in [6.45, 7) is 4.34. The topological polar surface area (TPSA) is 75.2 Å². The number of aromatic nitrogens is 2. The number of sulfonamides is 1. The number of hydrogen-bond acceptors (Lipinski definition) is 5. The highest BCUT2D eigenvalue weighted by atomic mass is 32.2. The molecule has 1 aromatic heterocycles. The van der Waals surface area contributed by atoms with Gasteiger partial charge in [0.15, 0.2) is 0 Å². The van der Waals surface area contributed by atoms with Gasteiger partial charge in [0.1, 0.15) is 11.6 Å². The van der Waals surface area contributed by atoms with Gasteiger partial charge >= 0.3 is 0 Å². The molecule has 20 heavy (non-hydrogen) atoms. The first kappa shape index (κ1) is 15.2. The highest BCUT2D eigenvalue weighted by Gasteiger charge is 2.21. The van der Waals surface area contributed by atoms with Gasteiger partial charge in [-0.05, 0) is 38.2 Å². The van der Waals surface area contributed by atoms with Crippen molar-refractivity contribution in [2.45, 2.75) is 26.2 Å². The molecule has 1 aliphatic rings. The van der Waals surface area contributed by atoms with E-state index in [1.54, 1.807) is 6.20 Å². The Bertz CT molecular complexity index is 547. The number of aryl methyl sites for hydroxylation is 1. The molecule has 0 spiro atoms. The van der Waals surface area contributed by atoms with Crippen molar-refractivity contribution in [1.29, 1.82) is 0 Å². The van der Waals surface area contributed by atoms with Crippen LogP contribution in [0.4, 0.5) is 5.82 Å². The molecule has 6 nitrogen and oxygen atoms in total. The lowest BCUT2D eigenvalue weighted by Gasteiger charge is -2.33. The van der Waals surface area contributed by atoms with E-state index in [0.717, 1.165) is 44.0 Å². The van der Waals surface area contributed by atoms with Crippen LogP contribution < -0.4 is 9.62 Å². The van der Waals surface area contributed by atoms with E-state index >= 15 is 0 Å². The third kappa shape index (κ3) is 4.72. The van der Waals surface area contributed by atoms with E-state index in [0.29, 0.717) is 12.5 Å². The molecule has 0 aliphatic carbocycles. The summed E-state index contributed by atoms with van der Waals surface area (Å²) in [6.07, 6.45) is 6.11. The molecular formula is C13H22N4O2S. The van der Waals surface area contributed by atoms with Crippen LogP contribution in [0.2, 0.25) is 0 Å². The molecule has 1 atom stereocenters. The van der Waals surface area contributed by atoms with E-state index in [2.05, 4.69) is 19.6 Å². The fourth-order valence-corrected chi connectivity index (χ4v) is 3.07. The number of nitrogens with one attached hydrogen (secondary N) is 1. The van der Waals surface area contributed by atoms with E-state index in [1.165, 1.54) is 6.26 Å². The van der Waals surface area contributed by atoms with Gasteiger partial charge in [-0.1, -0.05) is 0 Å². The number of nitrogens with zero attached hydrogens (tertiary/aromatic N) is 3. The highest BCUT2D eigenvalue weighted by Crippen LogP contribution is 2.23. The van der Waals surface area contributed by atoms with Crippen LogP contribution in [0.25, 0.3) is 0 Å². The number of hydrogen-bond donors (Lipinski definition) is 1. The largest absolute Gasteiger partial charge is 0.356 e.